The van der Waals surface area contributed by atoms with Crippen molar-refractivity contribution in [2.45, 2.75) is 38.3 Å². The highest BCUT2D eigenvalue weighted by Crippen LogP contribution is 2.37. The number of nitrogens with zero attached hydrogens (tertiary/aromatic N) is 1. The number of anilines is 1. The van der Waals surface area contributed by atoms with Gasteiger partial charge in [0.05, 0.1) is 24.3 Å². The van der Waals surface area contributed by atoms with Gasteiger partial charge < -0.3 is 19.9 Å². The zero-order chi connectivity index (χ0) is 19.8. The van der Waals surface area contributed by atoms with Crippen LogP contribution in [-0.4, -0.2) is 29.6 Å². The fraction of sp³-hybridized carbons (Fsp3) is 0.400. The van der Waals surface area contributed by atoms with Crippen LogP contribution in [-0.2, 0) is 24.2 Å². The molecule has 1 aliphatic carbocycles. The Balaban J connectivity index is 1.64. The first-order valence-corrected chi connectivity index (χ1v) is 9.67. The van der Waals surface area contributed by atoms with Gasteiger partial charge in [-0.05, 0) is 48.6 Å². The topological polar surface area (TPSA) is 74.4 Å². The maximum Gasteiger partial charge on any atom is 0.322 e. The standard InChI is InChI=1S/C20H21ClFN3O3/c1-25(20(27)23-11-5-6-15(22)14(21)9-11)17-4-2-3-16-18(17)13-10-28-8-7-12(13)19(26)24-16/h5-6,9,17H,2-4,7-8,10H2,1H3,(H,23,27)(H,24,26)/t17-/m0/s1. The van der Waals surface area contributed by atoms with E-state index in [9.17, 15) is 14.0 Å². The van der Waals surface area contributed by atoms with E-state index in [1.165, 1.54) is 18.2 Å². The number of fused-ring (bicyclic) bond motifs is 3. The maximum atomic E-state index is 13.3. The average Bonchev–Trinajstić information content (AvgIpc) is 2.70. The molecule has 0 spiro atoms. The van der Waals surface area contributed by atoms with Crippen LogP contribution in [0.25, 0.3) is 0 Å². The summed E-state index contributed by atoms with van der Waals surface area (Å²) in [4.78, 5) is 29.9. The number of H-pyrrole nitrogens is 1. The number of carbonyl (C=O) groups is 1. The lowest BCUT2D eigenvalue weighted by molar-refractivity contribution is 0.107. The first kappa shape index (κ1) is 19.0. The van der Waals surface area contributed by atoms with Crippen LogP contribution in [0.1, 0.15) is 41.3 Å². The van der Waals surface area contributed by atoms with Gasteiger partial charge in [0.25, 0.3) is 5.56 Å². The Hall–Kier alpha value is -2.38. The molecule has 0 saturated heterocycles. The van der Waals surface area contributed by atoms with E-state index in [1.54, 1.807) is 11.9 Å². The van der Waals surface area contributed by atoms with Crippen molar-refractivity contribution in [2.24, 2.45) is 0 Å². The van der Waals surface area contributed by atoms with E-state index in [-0.39, 0.29) is 22.7 Å². The molecule has 2 amide bonds. The summed E-state index contributed by atoms with van der Waals surface area (Å²) in [5.41, 5.74) is 3.93. The molecule has 28 heavy (non-hydrogen) atoms. The molecule has 8 heteroatoms. The second-order valence-corrected chi connectivity index (χ2v) is 7.59. The van der Waals surface area contributed by atoms with Gasteiger partial charge >= 0.3 is 6.03 Å². The summed E-state index contributed by atoms with van der Waals surface area (Å²) in [7, 11) is 1.72. The minimum atomic E-state index is -0.537. The molecule has 1 atom stereocenters. The van der Waals surface area contributed by atoms with Gasteiger partial charge in [-0.3, -0.25) is 4.79 Å². The summed E-state index contributed by atoms with van der Waals surface area (Å²) in [5, 5.41) is 2.71. The molecule has 4 rings (SSSR count). The van der Waals surface area contributed by atoms with Crippen molar-refractivity contribution in [3.05, 3.63) is 61.8 Å². The van der Waals surface area contributed by atoms with Gasteiger partial charge in [-0.1, -0.05) is 11.6 Å². The second-order valence-electron chi connectivity index (χ2n) is 7.18. The third kappa shape index (κ3) is 3.40. The summed E-state index contributed by atoms with van der Waals surface area (Å²) in [6, 6.07) is 3.57. The normalized spacial score (nSPS) is 18.2. The van der Waals surface area contributed by atoms with E-state index in [0.29, 0.717) is 25.3 Å². The molecule has 6 nitrogen and oxygen atoms in total. The van der Waals surface area contributed by atoms with Crippen LogP contribution in [0, 0.1) is 5.82 Å². The Labute approximate surface area is 166 Å². The van der Waals surface area contributed by atoms with E-state index in [4.69, 9.17) is 16.3 Å². The Morgan fingerprint density at radius 2 is 2.18 bits per heavy atom. The Kier molecular flexibility index (Phi) is 5.12. The molecule has 0 bridgehead atoms. The third-order valence-corrected chi connectivity index (χ3v) is 5.78. The van der Waals surface area contributed by atoms with Gasteiger partial charge in [-0.25, -0.2) is 9.18 Å². The number of nitrogens with one attached hydrogen (secondary N) is 2. The summed E-state index contributed by atoms with van der Waals surface area (Å²) >= 11 is 5.80. The minimum Gasteiger partial charge on any atom is -0.376 e. The molecule has 1 aromatic heterocycles. The Morgan fingerprint density at radius 3 is 2.96 bits per heavy atom. The number of aromatic nitrogens is 1. The SMILES string of the molecule is CN(C(=O)Nc1ccc(F)c(Cl)c1)[C@H]1CCCc2[nH]c(=O)c3c(c21)COCC3. The first-order valence-electron chi connectivity index (χ1n) is 9.29. The van der Waals surface area contributed by atoms with E-state index in [2.05, 4.69) is 10.3 Å². The van der Waals surface area contributed by atoms with Gasteiger partial charge in [0.15, 0.2) is 0 Å². The molecule has 2 heterocycles. The minimum absolute atomic E-state index is 0.0488. The molecule has 0 saturated carbocycles. The first-order chi connectivity index (χ1) is 13.5. The summed E-state index contributed by atoms with van der Waals surface area (Å²) < 4.78 is 19.0. The van der Waals surface area contributed by atoms with Crippen molar-refractivity contribution >= 4 is 23.3 Å². The number of aromatic amines is 1. The molecular formula is C20H21ClFN3O3. The van der Waals surface area contributed by atoms with Gasteiger partial charge in [0.1, 0.15) is 5.82 Å². The highest BCUT2D eigenvalue weighted by Gasteiger charge is 2.32. The van der Waals surface area contributed by atoms with Crippen molar-refractivity contribution < 1.29 is 13.9 Å². The molecule has 148 valence electrons. The third-order valence-electron chi connectivity index (χ3n) is 5.49. The van der Waals surface area contributed by atoms with Crippen LogP contribution in [0.15, 0.2) is 23.0 Å². The van der Waals surface area contributed by atoms with Crippen molar-refractivity contribution in [1.29, 1.82) is 0 Å². The van der Waals surface area contributed by atoms with Crippen molar-refractivity contribution in [3.63, 3.8) is 0 Å². The summed E-state index contributed by atoms with van der Waals surface area (Å²) in [5.74, 6) is -0.537. The van der Waals surface area contributed by atoms with Gasteiger partial charge in [0, 0.05) is 30.4 Å². The molecule has 0 radical (unpaired) electrons. The Morgan fingerprint density at radius 1 is 1.36 bits per heavy atom. The number of amides is 2. The fourth-order valence-electron chi connectivity index (χ4n) is 4.07. The second kappa shape index (κ2) is 7.56. The maximum absolute atomic E-state index is 13.3. The molecule has 0 fully saturated rings. The van der Waals surface area contributed by atoms with Crippen LogP contribution in [0.3, 0.4) is 0 Å². The molecule has 2 aromatic rings. The molecule has 0 unspecified atom stereocenters. The number of ether oxygens (including phenoxy) is 1. The van der Waals surface area contributed by atoms with Crippen molar-refractivity contribution in [3.8, 4) is 0 Å². The lowest BCUT2D eigenvalue weighted by Gasteiger charge is -2.36. The van der Waals surface area contributed by atoms with Gasteiger partial charge in [0.2, 0.25) is 0 Å². The predicted octanol–water partition coefficient (Wildman–Crippen LogP) is 3.78. The van der Waals surface area contributed by atoms with Crippen molar-refractivity contribution in [1.82, 2.24) is 9.88 Å². The summed E-state index contributed by atoms with van der Waals surface area (Å²) in [6.45, 7) is 0.919. The number of halogens is 2. The number of aryl methyl sites for hydroxylation is 1. The number of pyridine rings is 1. The van der Waals surface area contributed by atoms with Gasteiger partial charge in [-0.15, -0.1) is 0 Å². The van der Waals surface area contributed by atoms with Crippen molar-refractivity contribution in [2.75, 3.05) is 19.0 Å². The predicted molar refractivity (Wildman–Crippen MR) is 104 cm³/mol. The molecule has 1 aliphatic heterocycles. The highest BCUT2D eigenvalue weighted by atomic mass is 35.5. The zero-order valence-electron chi connectivity index (χ0n) is 15.5. The monoisotopic (exact) mass is 405 g/mol. The number of urea groups is 1. The largest absolute Gasteiger partial charge is 0.376 e. The molecule has 2 aliphatic rings. The smallest absolute Gasteiger partial charge is 0.322 e. The molecular weight excluding hydrogens is 385 g/mol. The lowest BCUT2D eigenvalue weighted by atomic mass is 9.84. The van der Waals surface area contributed by atoms with Crippen LogP contribution in [0.2, 0.25) is 5.02 Å². The Bertz CT molecular complexity index is 991. The van der Waals surface area contributed by atoms with E-state index >= 15 is 0 Å². The van der Waals surface area contributed by atoms with E-state index < -0.39 is 5.82 Å². The average molecular weight is 406 g/mol. The molecule has 2 N–H and O–H groups in total. The van der Waals surface area contributed by atoms with E-state index in [0.717, 1.165) is 41.6 Å². The zero-order valence-corrected chi connectivity index (χ0v) is 16.2. The summed E-state index contributed by atoms with van der Waals surface area (Å²) in [6.07, 6.45) is 3.01. The number of rotatable bonds is 2. The number of hydrogen-bond acceptors (Lipinski definition) is 3. The van der Waals surface area contributed by atoms with Crippen LogP contribution in [0.4, 0.5) is 14.9 Å². The van der Waals surface area contributed by atoms with Gasteiger partial charge in [-0.2, -0.15) is 0 Å². The number of carbonyl (C=O) groups excluding carboxylic acids is 1. The van der Waals surface area contributed by atoms with Crippen LogP contribution in [0.5, 0.6) is 0 Å². The highest BCUT2D eigenvalue weighted by molar-refractivity contribution is 6.31. The quantitative estimate of drug-likeness (QED) is 0.798. The van der Waals surface area contributed by atoms with E-state index in [1.807, 2.05) is 0 Å². The van der Waals surface area contributed by atoms with Crippen LogP contribution < -0.4 is 10.9 Å². The number of hydrogen-bond donors (Lipinski definition) is 2. The van der Waals surface area contributed by atoms with Crippen LogP contribution >= 0.6 is 11.6 Å². The fourth-order valence-corrected chi connectivity index (χ4v) is 4.25. The number of benzene rings is 1. The lowest BCUT2D eigenvalue weighted by Crippen LogP contribution is -2.39. The molecule has 1 aromatic carbocycles.